The molecule has 2 N–H and O–H groups in total. The topological polar surface area (TPSA) is 52.6 Å². The van der Waals surface area contributed by atoms with Crippen molar-refractivity contribution >= 4 is 5.91 Å². The van der Waals surface area contributed by atoms with Crippen LogP contribution >= 0.6 is 0 Å². The summed E-state index contributed by atoms with van der Waals surface area (Å²) in [6, 6.07) is 0.608. The number of carbonyl (C=O) groups is 1. The number of nitrogens with one attached hydrogen (secondary N) is 1. The van der Waals surface area contributed by atoms with Crippen LogP contribution in [-0.2, 0) is 4.79 Å². The molecular weight excluding hydrogens is 240 g/mol. The average Bonchev–Trinajstić information content (AvgIpc) is 2.75. The minimum atomic E-state index is -0.154. The first-order valence-corrected chi connectivity index (χ1v) is 7.79. The van der Waals surface area contributed by atoms with Crippen molar-refractivity contribution in [2.45, 2.75) is 70.6 Å². The highest BCUT2D eigenvalue weighted by molar-refractivity contribution is 5.78. The lowest BCUT2D eigenvalue weighted by molar-refractivity contribution is -0.124. The Hall–Kier alpha value is -0.610. The molecule has 4 heteroatoms. The summed E-state index contributed by atoms with van der Waals surface area (Å²) < 4.78 is 0. The molecule has 0 aromatic rings. The van der Waals surface area contributed by atoms with Crippen molar-refractivity contribution in [3.8, 4) is 0 Å². The molecular formula is C15H28N2O2. The molecule has 0 bridgehead atoms. The van der Waals surface area contributed by atoms with Gasteiger partial charge >= 0.3 is 0 Å². The summed E-state index contributed by atoms with van der Waals surface area (Å²) in [5.41, 5.74) is 0. The van der Waals surface area contributed by atoms with Gasteiger partial charge in [0.05, 0.1) is 12.6 Å². The van der Waals surface area contributed by atoms with E-state index in [0.717, 1.165) is 32.2 Å². The predicted molar refractivity (Wildman–Crippen MR) is 75.8 cm³/mol. The average molecular weight is 268 g/mol. The van der Waals surface area contributed by atoms with Crippen molar-refractivity contribution < 1.29 is 9.90 Å². The maximum absolute atomic E-state index is 11.9. The van der Waals surface area contributed by atoms with Crippen LogP contribution in [0.2, 0.25) is 0 Å². The van der Waals surface area contributed by atoms with Crippen LogP contribution in [0, 0.1) is 5.92 Å². The summed E-state index contributed by atoms with van der Waals surface area (Å²) in [5, 5.41) is 13.1. The van der Waals surface area contributed by atoms with Crippen molar-refractivity contribution in [3.05, 3.63) is 0 Å². The van der Waals surface area contributed by atoms with E-state index in [4.69, 9.17) is 0 Å². The van der Waals surface area contributed by atoms with Crippen LogP contribution in [0.5, 0.6) is 0 Å². The quantitative estimate of drug-likeness (QED) is 0.813. The zero-order chi connectivity index (χ0) is 13.8. The van der Waals surface area contributed by atoms with Gasteiger partial charge < -0.3 is 10.4 Å². The van der Waals surface area contributed by atoms with Crippen molar-refractivity contribution in [2.75, 3.05) is 13.1 Å². The normalized spacial score (nSPS) is 32.7. The number of rotatable bonds is 4. The minimum Gasteiger partial charge on any atom is -0.393 e. The molecule has 3 unspecified atom stereocenters. The van der Waals surface area contributed by atoms with Crippen LogP contribution in [0.4, 0.5) is 0 Å². The van der Waals surface area contributed by atoms with Gasteiger partial charge in [-0.2, -0.15) is 0 Å². The molecule has 1 saturated carbocycles. The molecule has 19 heavy (non-hydrogen) atoms. The molecule has 4 nitrogen and oxygen atoms in total. The Morgan fingerprint density at radius 2 is 2.05 bits per heavy atom. The molecule has 2 aliphatic rings. The summed E-state index contributed by atoms with van der Waals surface area (Å²) in [7, 11) is 0. The molecule has 2 fully saturated rings. The fraction of sp³-hybridized carbons (Fsp3) is 0.933. The highest BCUT2D eigenvalue weighted by atomic mass is 16.3. The largest absolute Gasteiger partial charge is 0.393 e. The van der Waals surface area contributed by atoms with Gasteiger partial charge in [0.25, 0.3) is 0 Å². The lowest BCUT2D eigenvalue weighted by Gasteiger charge is -2.40. The fourth-order valence-electron chi connectivity index (χ4n) is 3.67. The van der Waals surface area contributed by atoms with E-state index in [-0.39, 0.29) is 18.1 Å². The Morgan fingerprint density at radius 3 is 2.68 bits per heavy atom. The second-order valence-electron chi connectivity index (χ2n) is 6.42. The smallest absolute Gasteiger partial charge is 0.234 e. The third-order valence-corrected chi connectivity index (χ3v) is 4.49. The van der Waals surface area contributed by atoms with Crippen LogP contribution < -0.4 is 5.32 Å². The SMILES string of the molecule is CC(C)NC(=O)CN1CCCCC1C1CCCC1O. The highest BCUT2D eigenvalue weighted by Crippen LogP contribution is 2.34. The number of hydrogen-bond acceptors (Lipinski definition) is 3. The van der Waals surface area contributed by atoms with E-state index in [1.807, 2.05) is 13.8 Å². The number of likely N-dealkylation sites (tertiary alicyclic amines) is 1. The van der Waals surface area contributed by atoms with Gasteiger partial charge in [-0.1, -0.05) is 12.8 Å². The van der Waals surface area contributed by atoms with Gasteiger partial charge in [-0.15, -0.1) is 0 Å². The summed E-state index contributed by atoms with van der Waals surface area (Å²) in [4.78, 5) is 14.3. The number of aliphatic hydroxyl groups is 1. The van der Waals surface area contributed by atoms with Crippen molar-refractivity contribution in [1.29, 1.82) is 0 Å². The molecule has 1 saturated heterocycles. The van der Waals surface area contributed by atoms with Gasteiger partial charge in [-0.3, -0.25) is 9.69 Å². The molecule has 1 aliphatic heterocycles. The molecule has 3 atom stereocenters. The molecule has 110 valence electrons. The van der Waals surface area contributed by atoms with Gasteiger partial charge in [0.1, 0.15) is 0 Å². The van der Waals surface area contributed by atoms with Crippen LogP contribution in [0.1, 0.15) is 52.4 Å². The van der Waals surface area contributed by atoms with Crippen LogP contribution in [0.3, 0.4) is 0 Å². The summed E-state index contributed by atoms with van der Waals surface area (Å²) in [6.45, 7) is 5.48. The molecule has 2 rings (SSSR count). The first-order chi connectivity index (χ1) is 9.08. The zero-order valence-corrected chi connectivity index (χ0v) is 12.3. The predicted octanol–water partition coefficient (Wildman–Crippen LogP) is 1.53. The minimum absolute atomic E-state index is 0.120. The standard InChI is InChI=1S/C15H28N2O2/c1-11(2)16-15(19)10-17-9-4-3-7-13(17)12-6-5-8-14(12)18/h11-14,18H,3-10H2,1-2H3,(H,16,19). The number of piperidine rings is 1. The number of carbonyl (C=O) groups excluding carboxylic acids is 1. The van der Waals surface area contributed by atoms with Crippen molar-refractivity contribution in [2.24, 2.45) is 5.92 Å². The summed E-state index contributed by atoms with van der Waals surface area (Å²) in [6.07, 6.45) is 6.58. The molecule has 1 heterocycles. The second-order valence-corrected chi connectivity index (χ2v) is 6.42. The lowest BCUT2D eigenvalue weighted by atomic mass is 9.87. The Morgan fingerprint density at radius 1 is 1.26 bits per heavy atom. The van der Waals surface area contributed by atoms with Gasteiger partial charge in [-0.25, -0.2) is 0 Å². The van der Waals surface area contributed by atoms with E-state index in [1.165, 1.54) is 12.8 Å². The van der Waals surface area contributed by atoms with Gasteiger partial charge in [0.2, 0.25) is 5.91 Å². The van der Waals surface area contributed by atoms with Gasteiger partial charge in [0, 0.05) is 18.0 Å². The second kappa shape index (κ2) is 6.71. The van der Waals surface area contributed by atoms with E-state index in [2.05, 4.69) is 10.2 Å². The third kappa shape index (κ3) is 3.93. The monoisotopic (exact) mass is 268 g/mol. The van der Waals surface area contributed by atoms with E-state index in [1.54, 1.807) is 0 Å². The molecule has 1 aliphatic carbocycles. The van der Waals surface area contributed by atoms with E-state index in [9.17, 15) is 9.90 Å². The zero-order valence-electron chi connectivity index (χ0n) is 12.3. The van der Waals surface area contributed by atoms with E-state index in [0.29, 0.717) is 18.5 Å². The van der Waals surface area contributed by atoms with Gasteiger partial charge in [0.15, 0.2) is 0 Å². The van der Waals surface area contributed by atoms with Gasteiger partial charge in [-0.05, 0) is 46.1 Å². The molecule has 0 aromatic carbocycles. The van der Waals surface area contributed by atoms with Crippen LogP contribution in [-0.4, -0.2) is 47.2 Å². The summed E-state index contributed by atoms with van der Waals surface area (Å²) in [5.74, 6) is 0.501. The van der Waals surface area contributed by atoms with E-state index < -0.39 is 0 Å². The van der Waals surface area contributed by atoms with Crippen LogP contribution in [0.15, 0.2) is 0 Å². The van der Waals surface area contributed by atoms with Crippen LogP contribution in [0.25, 0.3) is 0 Å². The first-order valence-electron chi connectivity index (χ1n) is 7.79. The Bertz CT molecular complexity index is 307. The molecule has 0 aromatic heterocycles. The highest BCUT2D eigenvalue weighted by Gasteiger charge is 2.37. The Kier molecular flexibility index (Phi) is 5.22. The van der Waals surface area contributed by atoms with Crippen molar-refractivity contribution in [3.63, 3.8) is 0 Å². The lowest BCUT2D eigenvalue weighted by Crippen LogP contribution is -2.50. The third-order valence-electron chi connectivity index (χ3n) is 4.49. The molecule has 1 amide bonds. The number of nitrogens with zero attached hydrogens (tertiary/aromatic N) is 1. The first kappa shape index (κ1) is 14.8. The fourth-order valence-corrected chi connectivity index (χ4v) is 3.67. The number of aliphatic hydroxyl groups excluding tert-OH is 1. The maximum Gasteiger partial charge on any atom is 0.234 e. The maximum atomic E-state index is 11.9. The summed E-state index contributed by atoms with van der Waals surface area (Å²) >= 11 is 0. The Labute approximate surface area is 116 Å². The molecule has 0 spiro atoms. The van der Waals surface area contributed by atoms with Crippen molar-refractivity contribution in [1.82, 2.24) is 10.2 Å². The number of amides is 1. The molecule has 0 radical (unpaired) electrons. The number of hydrogen-bond donors (Lipinski definition) is 2. The Balaban J connectivity index is 1.94. The van der Waals surface area contributed by atoms with E-state index >= 15 is 0 Å².